The lowest BCUT2D eigenvalue weighted by Gasteiger charge is -2.36. The summed E-state index contributed by atoms with van der Waals surface area (Å²) in [7, 11) is 1.64. The second kappa shape index (κ2) is 10.5. The molecule has 1 aliphatic heterocycles. The molecule has 2 N–H and O–H groups in total. The zero-order valence-electron chi connectivity index (χ0n) is 15.2. The van der Waals surface area contributed by atoms with E-state index in [0.29, 0.717) is 19.7 Å². The molecule has 1 saturated heterocycles. The Morgan fingerprint density at radius 3 is 2.58 bits per heavy atom. The number of piperazine rings is 1. The van der Waals surface area contributed by atoms with Gasteiger partial charge >= 0.3 is 0 Å². The smallest absolute Gasteiger partial charge is 0.234 e. The predicted molar refractivity (Wildman–Crippen MR) is 96.2 cm³/mol. The Bertz CT molecular complexity index is 404. The molecule has 0 radical (unpaired) electrons. The first-order valence-electron chi connectivity index (χ1n) is 9.24. The molecule has 0 bridgehead atoms. The lowest BCUT2D eigenvalue weighted by atomic mass is 10.3. The van der Waals surface area contributed by atoms with Crippen LogP contribution in [0, 0.1) is 5.92 Å². The third-order valence-corrected chi connectivity index (χ3v) is 4.50. The van der Waals surface area contributed by atoms with Crippen LogP contribution in [-0.2, 0) is 9.53 Å². The van der Waals surface area contributed by atoms with Crippen molar-refractivity contribution in [3.63, 3.8) is 0 Å². The number of ether oxygens (including phenoxy) is 1. The standard InChI is InChI=1S/C17H33N5O2/c1-3-18-17(20-7-6-15-4-5-15)22-11-9-21(10-12-22)14-16(23)19-8-13-24-2/h15H,3-14H2,1-2H3,(H,18,20)(H,19,23). The highest BCUT2D eigenvalue weighted by atomic mass is 16.5. The summed E-state index contributed by atoms with van der Waals surface area (Å²) >= 11 is 0. The van der Waals surface area contributed by atoms with E-state index >= 15 is 0 Å². The van der Waals surface area contributed by atoms with Crippen molar-refractivity contribution in [3.8, 4) is 0 Å². The molecule has 1 heterocycles. The van der Waals surface area contributed by atoms with Crippen LogP contribution < -0.4 is 10.6 Å². The SMILES string of the molecule is CCNC(=NCCC1CC1)N1CCN(CC(=O)NCCOC)CC1. The molecule has 24 heavy (non-hydrogen) atoms. The van der Waals surface area contributed by atoms with Crippen LogP contribution in [0.25, 0.3) is 0 Å². The number of hydrogen-bond donors (Lipinski definition) is 2. The lowest BCUT2D eigenvalue weighted by molar-refractivity contribution is -0.122. The number of hydrogen-bond acceptors (Lipinski definition) is 4. The second-order valence-electron chi connectivity index (χ2n) is 6.57. The van der Waals surface area contributed by atoms with Gasteiger partial charge in [0.05, 0.1) is 13.2 Å². The van der Waals surface area contributed by atoms with Gasteiger partial charge in [0.2, 0.25) is 5.91 Å². The Morgan fingerprint density at radius 2 is 1.96 bits per heavy atom. The van der Waals surface area contributed by atoms with Crippen LogP contribution in [0.5, 0.6) is 0 Å². The maximum Gasteiger partial charge on any atom is 0.234 e. The number of nitrogens with zero attached hydrogens (tertiary/aromatic N) is 3. The van der Waals surface area contributed by atoms with Gasteiger partial charge in [-0.15, -0.1) is 0 Å². The topological polar surface area (TPSA) is 69.2 Å². The van der Waals surface area contributed by atoms with Crippen LogP contribution in [0.15, 0.2) is 4.99 Å². The molecule has 0 aromatic heterocycles. The number of amides is 1. The van der Waals surface area contributed by atoms with Gasteiger partial charge in [0, 0.05) is 52.9 Å². The average Bonchev–Trinajstić information content (AvgIpc) is 3.39. The Labute approximate surface area is 145 Å². The number of methoxy groups -OCH3 is 1. The first-order chi connectivity index (χ1) is 11.7. The largest absolute Gasteiger partial charge is 0.383 e. The van der Waals surface area contributed by atoms with Gasteiger partial charge in [-0.05, 0) is 19.3 Å². The van der Waals surface area contributed by atoms with E-state index in [1.54, 1.807) is 7.11 Å². The lowest BCUT2D eigenvalue weighted by Crippen LogP contribution is -2.54. The molecule has 0 atom stereocenters. The molecule has 1 amide bonds. The van der Waals surface area contributed by atoms with Gasteiger partial charge in [-0.25, -0.2) is 0 Å². The molecule has 0 aromatic carbocycles. The predicted octanol–water partition coefficient (Wildman–Crippen LogP) is 0.132. The summed E-state index contributed by atoms with van der Waals surface area (Å²) in [6.07, 6.45) is 3.99. The quantitative estimate of drug-likeness (QED) is 0.355. The maximum absolute atomic E-state index is 11.9. The third-order valence-electron chi connectivity index (χ3n) is 4.50. The molecular formula is C17H33N5O2. The number of carbonyl (C=O) groups excluding carboxylic acids is 1. The Hall–Kier alpha value is -1.34. The number of aliphatic imine (C=N–C) groups is 1. The summed E-state index contributed by atoms with van der Waals surface area (Å²) < 4.78 is 4.94. The van der Waals surface area contributed by atoms with Crippen molar-refractivity contribution in [2.45, 2.75) is 26.2 Å². The normalized spacial score (nSPS) is 19.4. The van der Waals surface area contributed by atoms with Gasteiger partial charge < -0.3 is 20.3 Å². The van der Waals surface area contributed by atoms with E-state index in [-0.39, 0.29) is 5.91 Å². The van der Waals surface area contributed by atoms with E-state index in [4.69, 9.17) is 9.73 Å². The van der Waals surface area contributed by atoms with Crippen LogP contribution in [0.3, 0.4) is 0 Å². The molecule has 2 aliphatic rings. The van der Waals surface area contributed by atoms with Crippen LogP contribution in [-0.4, -0.2) is 87.7 Å². The highest BCUT2D eigenvalue weighted by Crippen LogP contribution is 2.32. The number of guanidine groups is 1. The highest BCUT2D eigenvalue weighted by molar-refractivity contribution is 5.80. The summed E-state index contributed by atoms with van der Waals surface area (Å²) in [6, 6.07) is 0. The minimum absolute atomic E-state index is 0.0745. The first kappa shape index (κ1) is 19.0. The Balaban J connectivity index is 1.69. The summed E-state index contributed by atoms with van der Waals surface area (Å²) in [6.45, 7) is 9.15. The minimum atomic E-state index is 0.0745. The molecule has 0 unspecified atom stereocenters. The molecule has 1 aliphatic carbocycles. The van der Waals surface area contributed by atoms with E-state index in [2.05, 4.69) is 27.4 Å². The van der Waals surface area contributed by atoms with Gasteiger partial charge in [-0.2, -0.15) is 0 Å². The molecule has 0 aromatic rings. The van der Waals surface area contributed by atoms with Crippen molar-refractivity contribution in [3.05, 3.63) is 0 Å². The molecule has 7 nitrogen and oxygen atoms in total. The van der Waals surface area contributed by atoms with Crippen LogP contribution in [0.1, 0.15) is 26.2 Å². The molecule has 0 spiro atoms. The van der Waals surface area contributed by atoms with Crippen molar-refractivity contribution in [2.24, 2.45) is 10.9 Å². The zero-order chi connectivity index (χ0) is 17.2. The van der Waals surface area contributed by atoms with E-state index in [0.717, 1.165) is 51.1 Å². The Kier molecular flexibility index (Phi) is 8.32. The van der Waals surface area contributed by atoms with E-state index < -0.39 is 0 Å². The van der Waals surface area contributed by atoms with Crippen LogP contribution in [0.4, 0.5) is 0 Å². The van der Waals surface area contributed by atoms with Gasteiger partial charge in [-0.1, -0.05) is 12.8 Å². The zero-order valence-corrected chi connectivity index (χ0v) is 15.2. The van der Waals surface area contributed by atoms with Gasteiger partial charge in [-0.3, -0.25) is 14.7 Å². The summed E-state index contributed by atoms with van der Waals surface area (Å²) in [5.74, 6) is 2.03. The summed E-state index contributed by atoms with van der Waals surface area (Å²) in [5.41, 5.74) is 0. The van der Waals surface area contributed by atoms with Gasteiger partial charge in [0.25, 0.3) is 0 Å². The van der Waals surface area contributed by atoms with E-state index in [1.165, 1.54) is 19.3 Å². The van der Waals surface area contributed by atoms with E-state index in [9.17, 15) is 4.79 Å². The van der Waals surface area contributed by atoms with Crippen molar-refractivity contribution >= 4 is 11.9 Å². The molecule has 2 fully saturated rings. The number of nitrogens with one attached hydrogen (secondary N) is 2. The fourth-order valence-corrected chi connectivity index (χ4v) is 2.85. The monoisotopic (exact) mass is 339 g/mol. The summed E-state index contributed by atoms with van der Waals surface area (Å²) in [4.78, 5) is 21.1. The van der Waals surface area contributed by atoms with Crippen molar-refractivity contribution in [1.82, 2.24) is 20.4 Å². The highest BCUT2D eigenvalue weighted by Gasteiger charge is 2.22. The average molecular weight is 339 g/mol. The maximum atomic E-state index is 11.9. The molecular weight excluding hydrogens is 306 g/mol. The molecule has 7 heteroatoms. The summed E-state index contributed by atoms with van der Waals surface area (Å²) in [5, 5.41) is 6.27. The van der Waals surface area contributed by atoms with E-state index in [1.807, 2.05) is 0 Å². The number of carbonyl (C=O) groups is 1. The first-order valence-corrected chi connectivity index (χ1v) is 9.24. The molecule has 138 valence electrons. The van der Waals surface area contributed by atoms with Crippen LogP contribution >= 0.6 is 0 Å². The fraction of sp³-hybridized carbons (Fsp3) is 0.882. The van der Waals surface area contributed by atoms with Crippen molar-refractivity contribution < 1.29 is 9.53 Å². The fourth-order valence-electron chi connectivity index (χ4n) is 2.85. The Morgan fingerprint density at radius 1 is 1.21 bits per heavy atom. The molecule has 2 rings (SSSR count). The van der Waals surface area contributed by atoms with Crippen LogP contribution in [0.2, 0.25) is 0 Å². The van der Waals surface area contributed by atoms with Crippen molar-refractivity contribution in [2.75, 3.05) is 66.1 Å². The molecule has 1 saturated carbocycles. The van der Waals surface area contributed by atoms with Gasteiger partial charge in [0.15, 0.2) is 5.96 Å². The van der Waals surface area contributed by atoms with Gasteiger partial charge in [0.1, 0.15) is 0 Å². The third kappa shape index (κ3) is 7.05. The minimum Gasteiger partial charge on any atom is -0.383 e. The van der Waals surface area contributed by atoms with Crippen molar-refractivity contribution in [1.29, 1.82) is 0 Å². The second-order valence-corrected chi connectivity index (χ2v) is 6.57. The number of rotatable bonds is 9.